The Hall–Kier alpha value is 0.170. The van der Waals surface area contributed by atoms with E-state index in [1.54, 1.807) is 0 Å². The summed E-state index contributed by atoms with van der Waals surface area (Å²) in [5.74, 6) is -0.746. The molecule has 0 saturated carbocycles. The lowest BCUT2D eigenvalue weighted by atomic mass is 10.1. The number of rotatable bonds is 6. The van der Waals surface area contributed by atoms with Gasteiger partial charge in [-0.1, -0.05) is 13.3 Å². The van der Waals surface area contributed by atoms with Gasteiger partial charge in [0.25, 0.3) is 0 Å². The van der Waals surface area contributed by atoms with Crippen molar-refractivity contribution in [3.05, 3.63) is 0 Å². The summed E-state index contributed by atoms with van der Waals surface area (Å²) in [6.07, 6.45) is 3.56. The van der Waals surface area contributed by atoms with Crippen molar-refractivity contribution in [2.45, 2.75) is 43.1 Å². The summed E-state index contributed by atoms with van der Waals surface area (Å²) in [5.41, 5.74) is 0. The Labute approximate surface area is 84.6 Å². The predicted molar refractivity (Wildman–Crippen MR) is 57.1 cm³/mol. The number of aliphatic carboxylic acids is 1. The molecule has 0 aromatic carbocycles. The van der Waals surface area contributed by atoms with Crippen LogP contribution in [0, 0.1) is 0 Å². The van der Waals surface area contributed by atoms with Crippen LogP contribution < -0.4 is 0 Å². The molecule has 0 rings (SSSR count). The van der Waals surface area contributed by atoms with E-state index in [-0.39, 0.29) is 10.5 Å². The average molecular weight is 208 g/mol. The highest BCUT2D eigenvalue weighted by molar-refractivity contribution is 8.00. The molecule has 0 bridgehead atoms. The first-order chi connectivity index (χ1) is 5.48. The van der Waals surface area contributed by atoms with E-state index >= 15 is 0 Å². The predicted octanol–water partition coefficient (Wildman–Crippen LogP) is 2.60. The zero-order valence-electron chi connectivity index (χ0n) is 7.29. The first-order valence-electron chi connectivity index (χ1n) is 4.14. The number of thiol groups is 2. The molecule has 2 nitrogen and oxygen atoms in total. The third-order valence-corrected chi connectivity index (χ3v) is 2.51. The molecule has 12 heavy (non-hydrogen) atoms. The summed E-state index contributed by atoms with van der Waals surface area (Å²) >= 11 is 8.68. The number of carboxylic acid groups (broad SMARTS) is 1. The van der Waals surface area contributed by atoms with Gasteiger partial charge < -0.3 is 5.11 Å². The number of hydrogen-bond donors (Lipinski definition) is 3. The average Bonchev–Trinajstić information content (AvgIpc) is 1.85. The second kappa shape index (κ2) is 5.75. The maximum atomic E-state index is 10.2. The maximum Gasteiger partial charge on any atom is 0.303 e. The second-order valence-corrected chi connectivity index (χ2v) is 5.04. The van der Waals surface area contributed by atoms with Gasteiger partial charge in [0.1, 0.15) is 0 Å². The van der Waals surface area contributed by atoms with Crippen LogP contribution in [0.3, 0.4) is 0 Å². The van der Waals surface area contributed by atoms with E-state index < -0.39 is 5.97 Å². The quantitative estimate of drug-likeness (QED) is 0.463. The van der Waals surface area contributed by atoms with Gasteiger partial charge in [-0.05, 0) is 19.3 Å². The van der Waals surface area contributed by atoms with Crippen LogP contribution in [0.25, 0.3) is 0 Å². The van der Waals surface area contributed by atoms with Crippen molar-refractivity contribution in [2.75, 3.05) is 0 Å². The molecule has 0 fully saturated rings. The van der Waals surface area contributed by atoms with Gasteiger partial charge in [-0.2, -0.15) is 25.3 Å². The molecule has 0 aromatic rings. The molecule has 0 atom stereocenters. The fourth-order valence-electron chi connectivity index (χ4n) is 1.05. The zero-order valence-corrected chi connectivity index (χ0v) is 9.07. The highest BCUT2D eigenvalue weighted by Gasteiger charge is 2.18. The summed E-state index contributed by atoms with van der Waals surface area (Å²) in [6.45, 7) is 2.07. The smallest absolute Gasteiger partial charge is 0.303 e. The van der Waals surface area contributed by atoms with Crippen molar-refractivity contribution in [3.63, 3.8) is 0 Å². The molecular weight excluding hydrogens is 192 g/mol. The van der Waals surface area contributed by atoms with E-state index in [0.29, 0.717) is 6.42 Å². The lowest BCUT2D eigenvalue weighted by Gasteiger charge is -2.20. The molecule has 0 heterocycles. The molecule has 0 unspecified atom stereocenters. The van der Waals surface area contributed by atoms with E-state index in [9.17, 15) is 4.79 Å². The van der Waals surface area contributed by atoms with Crippen LogP contribution in [-0.2, 0) is 4.79 Å². The standard InChI is InChI=1S/C8H16O2S2/c1-2-5-8(11,12)6-3-4-7(9)10/h11-12H,2-6H2,1H3,(H,9,10). The van der Waals surface area contributed by atoms with Crippen molar-refractivity contribution >= 4 is 31.2 Å². The Morgan fingerprint density at radius 2 is 2.00 bits per heavy atom. The molecule has 0 aliphatic rings. The topological polar surface area (TPSA) is 37.3 Å². The van der Waals surface area contributed by atoms with E-state index in [0.717, 1.165) is 19.3 Å². The Morgan fingerprint density at radius 1 is 1.42 bits per heavy atom. The van der Waals surface area contributed by atoms with Gasteiger partial charge in [-0.25, -0.2) is 0 Å². The Balaban J connectivity index is 3.53. The lowest BCUT2D eigenvalue weighted by molar-refractivity contribution is -0.137. The Bertz CT molecular complexity index is 146. The third kappa shape index (κ3) is 6.85. The van der Waals surface area contributed by atoms with Crippen molar-refractivity contribution in [1.82, 2.24) is 0 Å². The molecule has 0 aliphatic heterocycles. The van der Waals surface area contributed by atoms with Crippen molar-refractivity contribution in [3.8, 4) is 0 Å². The van der Waals surface area contributed by atoms with Gasteiger partial charge in [0.15, 0.2) is 0 Å². The molecule has 0 aromatic heterocycles. The minimum Gasteiger partial charge on any atom is -0.481 e. The van der Waals surface area contributed by atoms with E-state index in [1.165, 1.54) is 0 Å². The summed E-state index contributed by atoms with van der Waals surface area (Å²) < 4.78 is -0.287. The van der Waals surface area contributed by atoms with Crippen LogP contribution in [0.1, 0.15) is 39.0 Å². The molecule has 1 N–H and O–H groups in total. The van der Waals surface area contributed by atoms with E-state index in [4.69, 9.17) is 5.11 Å². The van der Waals surface area contributed by atoms with Crippen LogP contribution in [0.15, 0.2) is 0 Å². The van der Waals surface area contributed by atoms with E-state index in [1.807, 2.05) is 0 Å². The number of hydrogen-bond acceptors (Lipinski definition) is 3. The first-order valence-corrected chi connectivity index (χ1v) is 5.04. The van der Waals surface area contributed by atoms with Gasteiger partial charge in [0.2, 0.25) is 0 Å². The molecule has 0 amide bonds. The van der Waals surface area contributed by atoms with E-state index in [2.05, 4.69) is 32.2 Å². The molecule has 0 saturated heterocycles. The minimum absolute atomic E-state index is 0.215. The van der Waals surface area contributed by atoms with Gasteiger partial charge in [0, 0.05) is 6.42 Å². The third-order valence-electron chi connectivity index (χ3n) is 1.62. The summed E-state index contributed by atoms with van der Waals surface area (Å²) in [7, 11) is 0. The van der Waals surface area contributed by atoms with Crippen LogP contribution in [0.2, 0.25) is 0 Å². The van der Waals surface area contributed by atoms with Crippen LogP contribution >= 0.6 is 25.3 Å². The van der Waals surface area contributed by atoms with Crippen molar-refractivity contribution in [2.24, 2.45) is 0 Å². The van der Waals surface area contributed by atoms with Gasteiger partial charge in [0.05, 0.1) is 4.08 Å². The van der Waals surface area contributed by atoms with Gasteiger partial charge in [-0.15, -0.1) is 0 Å². The Kier molecular flexibility index (Phi) is 5.84. The molecule has 0 aliphatic carbocycles. The van der Waals surface area contributed by atoms with Gasteiger partial charge in [-0.3, -0.25) is 4.79 Å². The number of carbonyl (C=O) groups is 1. The largest absolute Gasteiger partial charge is 0.481 e. The van der Waals surface area contributed by atoms with Crippen LogP contribution in [0.5, 0.6) is 0 Å². The second-order valence-electron chi connectivity index (χ2n) is 2.98. The monoisotopic (exact) mass is 208 g/mol. The molecule has 0 radical (unpaired) electrons. The summed E-state index contributed by atoms with van der Waals surface area (Å²) in [4.78, 5) is 10.2. The molecule has 72 valence electrons. The fraction of sp³-hybridized carbons (Fsp3) is 0.875. The highest BCUT2D eigenvalue weighted by atomic mass is 32.2. The lowest BCUT2D eigenvalue weighted by Crippen LogP contribution is -2.13. The molecular formula is C8H16O2S2. The highest BCUT2D eigenvalue weighted by Crippen LogP contribution is 2.31. The molecule has 0 spiro atoms. The molecule has 4 heteroatoms. The summed E-state index contributed by atoms with van der Waals surface area (Å²) in [5, 5.41) is 8.39. The van der Waals surface area contributed by atoms with Crippen molar-refractivity contribution in [1.29, 1.82) is 0 Å². The minimum atomic E-state index is -0.746. The summed E-state index contributed by atoms with van der Waals surface area (Å²) in [6, 6.07) is 0. The van der Waals surface area contributed by atoms with Crippen LogP contribution in [0.4, 0.5) is 0 Å². The SMILES string of the molecule is CCCC(S)(S)CCCC(=O)O. The van der Waals surface area contributed by atoms with Crippen molar-refractivity contribution < 1.29 is 9.90 Å². The maximum absolute atomic E-state index is 10.2. The fourth-order valence-corrected chi connectivity index (χ4v) is 1.81. The number of carboxylic acids is 1. The van der Waals surface area contributed by atoms with Gasteiger partial charge >= 0.3 is 5.97 Å². The van der Waals surface area contributed by atoms with Crippen LogP contribution in [-0.4, -0.2) is 15.2 Å². The zero-order chi connectivity index (χ0) is 9.61. The normalized spacial score (nSPS) is 11.6. The first kappa shape index (κ1) is 12.2. The Morgan fingerprint density at radius 3 is 2.42 bits per heavy atom.